The summed E-state index contributed by atoms with van der Waals surface area (Å²) in [7, 11) is 0. The molecule has 1 aliphatic carbocycles. The number of fused-ring (bicyclic) bond motifs is 3. The first-order valence-electron chi connectivity index (χ1n) is 10.6. The summed E-state index contributed by atoms with van der Waals surface area (Å²) in [5.74, 6) is 1.25. The van der Waals surface area contributed by atoms with Gasteiger partial charge in [0, 0.05) is 37.5 Å². The van der Waals surface area contributed by atoms with Crippen LogP contribution >= 0.6 is 0 Å². The summed E-state index contributed by atoms with van der Waals surface area (Å²) in [6.07, 6.45) is 2.03. The van der Waals surface area contributed by atoms with Crippen molar-refractivity contribution >= 4 is 28.4 Å². The van der Waals surface area contributed by atoms with Crippen LogP contribution < -0.4 is 4.90 Å². The maximum absolute atomic E-state index is 14.6. The molecule has 4 aromatic rings. The lowest BCUT2D eigenvalue weighted by Crippen LogP contribution is -2.50. The number of benzene rings is 2. The lowest BCUT2D eigenvalue weighted by atomic mass is 10.2. The standard InChI is InChI=1S/C23H21FN6O/c24-18-7-3-1-5-16(18)20-26-27-21-17-6-2-4-8-19(17)25-23(30(20)21)29-13-11-28(12-14-29)22(31)15-9-10-15/h1-8,15H,9-14H2. The molecule has 1 saturated carbocycles. The summed E-state index contributed by atoms with van der Waals surface area (Å²) < 4.78 is 16.5. The molecule has 7 nitrogen and oxygen atoms in total. The Balaban J connectivity index is 1.47. The number of carbonyl (C=O) groups is 1. The van der Waals surface area contributed by atoms with Crippen LogP contribution in [0.5, 0.6) is 0 Å². The van der Waals surface area contributed by atoms with E-state index in [9.17, 15) is 9.18 Å². The minimum Gasteiger partial charge on any atom is -0.339 e. The van der Waals surface area contributed by atoms with Crippen LogP contribution in [0.15, 0.2) is 48.5 Å². The molecule has 1 aliphatic heterocycles. The molecular formula is C23H21FN6O. The number of aromatic nitrogens is 4. The second kappa shape index (κ2) is 7.01. The molecule has 2 aromatic heterocycles. The quantitative estimate of drug-likeness (QED) is 0.513. The molecule has 31 heavy (non-hydrogen) atoms. The van der Waals surface area contributed by atoms with Gasteiger partial charge in [0.05, 0.1) is 11.1 Å². The van der Waals surface area contributed by atoms with E-state index in [4.69, 9.17) is 4.98 Å². The Morgan fingerprint density at radius 1 is 0.935 bits per heavy atom. The van der Waals surface area contributed by atoms with Crippen molar-refractivity contribution in [3.05, 3.63) is 54.3 Å². The maximum Gasteiger partial charge on any atom is 0.225 e. The lowest BCUT2D eigenvalue weighted by molar-refractivity contribution is -0.132. The summed E-state index contributed by atoms with van der Waals surface area (Å²) in [5, 5.41) is 9.62. The number of anilines is 1. The molecule has 2 aliphatic rings. The van der Waals surface area contributed by atoms with Gasteiger partial charge in [-0.15, -0.1) is 10.2 Å². The van der Waals surface area contributed by atoms with Crippen molar-refractivity contribution in [1.29, 1.82) is 0 Å². The van der Waals surface area contributed by atoms with Gasteiger partial charge in [0.1, 0.15) is 5.82 Å². The minimum absolute atomic E-state index is 0.225. The van der Waals surface area contributed by atoms with Crippen molar-refractivity contribution in [2.45, 2.75) is 12.8 Å². The van der Waals surface area contributed by atoms with E-state index in [1.54, 1.807) is 18.2 Å². The zero-order valence-corrected chi connectivity index (χ0v) is 16.9. The highest BCUT2D eigenvalue weighted by Crippen LogP contribution is 2.32. The van der Waals surface area contributed by atoms with E-state index in [1.807, 2.05) is 33.6 Å². The van der Waals surface area contributed by atoms with E-state index >= 15 is 0 Å². The number of amides is 1. The Hall–Kier alpha value is -3.55. The van der Waals surface area contributed by atoms with Crippen LogP contribution in [0.25, 0.3) is 27.9 Å². The van der Waals surface area contributed by atoms with Crippen molar-refractivity contribution in [2.75, 3.05) is 31.1 Å². The predicted octanol–water partition coefficient (Wildman–Crippen LogP) is 3.14. The highest BCUT2D eigenvalue weighted by Gasteiger charge is 2.35. The average Bonchev–Trinajstić information content (AvgIpc) is 3.57. The van der Waals surface area contributed by atoms with Gasteiger partial charge >= 0.3 is 0 Å². The predicted molar refractivity (Wildman–Crippen MR) is 115 cm³/mol. The fourth-order valence-corrected chi connectivity index (χ4v) is 4.31. The van der Waals surface area contributed by atoms with Gasteiger partial charge in [0.15, 0.2) is 11.5 Å². The van der Waals surface area contributed by atoms with Crippen LogP contribution in [0.2, 0.25) is 0 Å². The number of halogens is 1. The summed E-state index contributed by atoms with van der Waals surface area (Å²) in [4.78, 5) is 21.5. The summed E-state index contributed by atoms with van der Waals surface area (Å²) >= 11 is 0. The summed E-state index contributed by atoms with van der Waals surface area (Å²) in [6, 6.07) is 14.3. The highest BCUT2D eigenvalue weighted by atomic mass is 19.1. The van der Waals surface area contributed by atoms with Crippen LogP contribution in [0, 0.1) is 11.7 Å². The third kappa shape index (κ3) is 3.01. The van der Waals surface area contributed by atoms with Crippen LogP contribution in [-0.2, 0) is 4.79 Å². The molecule has 156 valence electrons. The van der Waals surface area contributed by atoms with Crippen LogP contribution in [0.4, 0.5) is 10.3 Å². The van der Waals surface area contributed by atoms with Gasteiger partial charge in [0.25, 0.3) is 0 Å². The fourth-order valence-electron chi connectivity index (χ4n) is 4.31. The van der Waals surface area contributed by atoms with Gasteiger partial charge in [0.2, 0.25) is 11.9 Å². The molecule has 2 aromatic carbocycles. The van der Waals surface area contributed by atoms with Crippen molar-refractivity contribution in [3.63, 3.8) is 0 Å². The topological polar surface area (TPSA) is 66.6 Å². The number of piperazine rings is 1. The Morgan fingerprint density at radius 2 is 1.68 bits per heavy atom. The summed E-state index contributed by atoms with van der Waals surface area (Å²) in [5.41, 5.74) is 1.85. The second-order valence-electron chi connectivity index (χ2n) is 8.18. The maximum atomic E-state index is 14.6. The Kier molecular flexibility index (Phi) is 4.12. The SMILES string of the molecule is O=C(C1CC1)N1CCN(c2nc3ccccc3c3nnc(-c4ccccc4F)n23)CC1. The van der Waals surface area contributed by atoms with Gasteiger partial charge in [-0.1, -0.05) is 24.3 Å². The molecule has 0 N–H and O–H groups in total. The number of nitrogens with zero attached hydrogens (tertiary/aromatic N) is 6. The van der Waals surface area contributed by atoms with Crippen LogP contribution in [-0.4, -0.2) is 56.6 Å². The third-order valence-electron chi connectivity index (χ3n) is 6.14. The van der Waals surface area contributed by atoms with E-state index in [0.717, 1.165) is 23.7 Å². The number of hydrogen-bond donors (Lipinski definition) is 0. The number of rotatable bonds is 3. The lowest BCUT2D eigenvalue weighted by Gasteiger charge is -2.35. The molecule has 0 radical (unpaired) electrons. The largest absolute Gasteiger partial charge is 0.339 e. The van der Waals surface area contributed by atoms with E-state index in [-0.39, 0.29) is 17.6 Å². The number of carbonyl (C=O) groups excluding carboxylic acids is 1. The van der Waals surface area contributed by atoms with Crippen molar-refractivity contribution in [2.24, 2.45) is 5.92 Å². The van der Waals surface area contributed by atoms with E-state index < -0.39 is 0 Å². The molecule has 2 fully saturated rings. The van der Waals surface area contributed by atoms with Crippen molar-refractivity contribution < 1.29 is 9.18 Å². The highest BCUT2D eigenvalue weighted by molar-refractivity contribution is 5.93. The molecule has 0 spiro atoms. The molecule has 3 heterocycles. The molecule has 1 saturated heterocycles. The van der Waals surface area contributed by atoms with Crippen molar-refractivity contribution in [3.8, 4) is 11.4 Å². The molecule has 0 unspecified atom stereocenters. The zero-order valence-electron chi connectivity index (χ0n) is 16.9. The first kappa shape index (κ1) is 18.2. The van der Waals surface area contributed by atoms with Gasteiger partial charge in [-0.2, -0.15) is 0 Å². The fraction of sp³-hybridized carbons (Fsp3) is 0.304. The smallest absolute Gasteiger partial charge is 0.225 e. The van der Waals surface area contributed by atoms with E-state index in [1.165, 1.54) is 6.07 Å². The van der Waals surface area contributed by atoms with E-state index in [2.05, 4.69) is 15.1 Å². The molecule has 0 bridgehead atoms. The average molecular weight is 416 g/mol. The third-order valence-corrected chi connectivity index (χ3v) is 6.14. The summed E-state index contributed by atoms with van der Waals surface area (Å²) in [6.45, 7) is 2.63. The van der Waals surface area contributed by atoms with Crippen molar-refractivity contribution in [1.82, 2.24) is 24.5 Å². The normalized spacial score (nSPS) is 16.9. The van der Waals surface area contributed by atoms with Gasteiger partial charge < -0.3 is 9.80 Å². The molecule has 0 atom stereocenters. The Morgan fingerprint density at radius 3 is 2.45 bits per heavy atom. The number of para-hydroxylation sites is 1. The Bertz CT molecular complexity index is 1310. The monoisotopic (exact) mass is 416 g/mol. The first-order chi connectivity index (χ1) is 15.2. The number of hydrogen-bond acceptors (Lipinski definition) is 5. The zero-order chi connectivity index (χ0) is 20.9. The molecular weight excluding hydrogens is 395 g/mol. The van der Waals surface area contributed by atoms with Crippen LogP contribution in [0.3, 0.4) is 0 Å². The molecule has 6 rings (SSSR count). The molecule has 1 amide bonds. The van der Waals surface area contributed by atoms with Crippen LogP contribution in [0.1, 0.15) is 12.8 Å². The second-order valence-corrected chi connectivity index (χ2v) is 8.18. The van der Waals surface area contributed by atoms with E-state index in [0.29, 0.717) is 49.2 Å². The molecule has 8 heteroatoms. The first-order valence-corrected chi connectivity index (χ1v) is 10.6. The van der Waals surface area contributed by atoms with Gasteiger partial charge in [-0.25, -0.2) is 13.8 Å². The van der Waals surface area contributed by atoms with Gasteiger partial charge in [-0.3, -0.25) is 4.79 Å². The Labute approximate surface area is 178 Å². The minimum atomic E-state index is -0.351. The van der Waals surface area contributed by atoms with Gasteiger partial charge in [-0.05, 0) is 37.1 Å².